The zero-order valence-electron chi connectivity index (χ0n) is 7.90. The molecule has 0 heteroatoms. The molecule has 0 bridgehead atoms. The van der Waals surface area contributed by atoms with E-state index in [-0.39, 0.29) is 0 Å². The molecule has 0 spiro atoms. The van der Waals surface area contributed by atoms with Gasteiger partial charge >= 0.3 is 0 Å². The average molecular weight is 152 g/mol. The highest BCUT2D eigenvalue weighted by Crippen LogP contribution is 2.24. The fourth-order valence-electron chi connectivity index (χ4n) is 1.95. The highest BCUT2D eigenvalue weighted by molar-refractivity contribution is 4.97. The minimum atomic E-state index is 0.905. The van der Waals surface area contributed by atoms with Gasteiger partial charge in [0.25, 0.3) is 0 Å². The van der Waals surface area contributed by atoms with E-state index in [1.54, 1.807) is 0 Å². The Bertz CT molecular complexity index is 121. The average Bonchev–Trinajstić information content (AvgIpc) is 2.14. The van der Waals surface area contributed by atoms with E-state index in [9.17, 15) is 0 Å². The number of hydrogen-bond donors (Lipinski definition) is 0. The van der Waals surface area contributed by atoms with Crippen LogP contribution >= 0.6 is 0 Å². The smallest absolute Gasteiger partial charge is 0.0231 e. The lowest BCUT2D eigenvalue weighted by Crippen LogP contribution is -1.93. The van der Waals surface area contributed by atoms with Crippen molar-refractivity contribution in [3.63, 3.8) is 0 Å². The van der Waals surface area contributed by atoms with Gasteiger partial charge in [0.05, 0.1) is 0 Å². The molecule has 1 rings (SSSR count). The van der Waals surface area contributed by atoms with Crippen molar-refractivity contribution in [3.05, 3.63) is 11.6 Å². The van der Waals surface area contributed by atoms with Crippen molar-refractivity contribution in [2.24, 2.45) is 5.92 Å². The first kappa shape index (κ1) is 8.83. The molecule has 0 nitrogen and oxygen atoms in total. The van der Waals surface area contributed by atoms with Crippen LogP contribution in [0, 0.1) is 5.92 Å². The largest absolute Gasteiger partial charge is 0.0828 e. The second-order valence-electron chi connectivity index (χ2n) is 4.00. The Kier molecular flexibility index (Phi) is 3.68. The van der Waals surface area contributed by atoms with Crippen molar-refractivity contribution in [2.75, 3.05) is 0 Å². The van der Waals surface area contributed by atoms with Crippen molar-refractivity contribution in [3.8, 4) is 0 Å². The van der Waals surface area contributed by atoms with Crippen LogP contribution in [0.1, 0.15) is 52.4 Å². The maximum Gasteiger partial charge on any atom is -0.0231 e. The van der Waals surface area contributed by atoms with Gasteiger partial charge in [0.15, 0.2) is 0 Å². The molecule has 64 valence electrons. The lowest BCUT2D eigenvalue weighted by Gasteiger charge is -2.08. The number of rotatable bonds is 1. The molecular formula is C11H20. The minimum Gasteiger partial charge on any atom is -0.0828 e. The predicted molar refractivity (Wildman–Crippen MR) is 50.6 cm³/mol. The molecule has 0 aromatic carbocycles. The maximum absolute atomic E-state index is 2.46. The SMILES string of the molecule is CC(C)=CC1CCCCCC1. The van der Waals surface area contributed by atoms with E-state index in [1.807, 2.05) is 0 Å². The summed E-state index contributed by atoms with van der Waals surface area (Å²) < 4.78 is 0. The Labute approximate surface area is 70.7 Å². The molecule has 11 heavy (non-hydrogen) atoms. The summed E-state index contributed by atoms with van der Waals surface area (Å²) in [6.07, 6.45) is 11.2. The molecule has 1 aliphatic carbocycles. The lowest BCUT2D eigenvalue weighted by molar-refractivity contribution is 0.556. The molecule has 1 aliphatic rings. The van der Waals surface area contributed by atoms with Crippen molar-refractivity contribution in [1.29, 1.82) is 0 Å². The molecular weight excluding hydrogens is 132 g/mol. The third-order valence-corrected chi connectivity index (χ3v) is 2.47. The van der Waals surface area contributed by atoms with Crippen molar-refractivity contribution < 1.29 is 0 Å². The second-order valence-corrected chi connectivity index (χ2v) is 4.00. The summed E-state index contributed by atoms with van der Waals surface area (Å²) in [5.74, 6) is 0.905. The van der Waals surface area contributed by atoms with E-state index < -0.39 is 0 Å². The van der Waals surface area contributed by atoms with E-state index in [1.165, 1.54) is 44.1 Å². The monoisotopic (exact) mass is 152 g/mol. The normalized spacial score (nSPS) is 20.9. The van der Waals surface area contributed by atoms with Gasteiger partial charge in [-0.05, 0) is 32.6 Å². The molecule has 1 saturated carbocycles. The van der Waals surface area contributed by atoms with Gasteiger partial charge in [-0.15, -0.1) is 0 Å². The van der Waals surface area contributed by atoms with Crippen LogP contribution < -0.4 is 0 Å². The molecule has 1 fully saturated rings. The summed E-state index contributed by atoms with van der Waals surface area (Å²) in [4.78, 5) is 0. The van der Waals surface area contributed by atoms with Gasteiger partial charge in [-0.25, -0.2) is 0 Å². The fourth-order valence-corrected chi connectivity index (χ4v) is 1.95. The van der Waals surface area contributed by atoms with Gasteiger partial charge in [-0.1, -0.05) is 37.3 Å². The van der Waals surface area contributed by atoms with Crippen LogP contribution in [0.3, 0.4) is 0 Å². The molecule has 0 amide bonds. The molecule has 0 aromatic heterocycles. The topological polar surface area (TPSA) is 0 Å². The Morgan fingerprint density at radius 1 is 1.00 bits per heavy atom. The Morgan fingerprint density at radius 3 is 2.00 bits per heavy atom. The Hall–Kier alpha value is -0.260. The quantitative estimate of drug-likeness (QED) is 0.394. The first-order chi connectivity index (χ1) is 5.29. The molecule has 0 aromatic rings. The van der Waals surface area contributed by atoms with Crippen LogP contribution in [0.4, 0.5) is 0 Å². The van der Waals surface area contributed by atoms with Crippen molar-refractivity contribution in [1.82, 2.24) is 0 Å². The van der Waals surface area contributed by atoms with Gasteiger partial charge in [0.1, 0.15) is 0 Å². The van der Waals surface area contributed by atoms with E-state index in [4.69, 9.17) is 0 Å². The summed E-state index contributed by atoms with van der Waals surface area (Å²) >= 11 is 0. The Morgan fingerprint density at radius 2 is 1.55 bits per heavy atom. The van der Waals surface area contributed by atoms with Gasteiger partial charge in [-0.3, -0.25) is 0 Å². The predicted octanol–water partition coefficient (Wildman–Crippen LogP) is 3.92. The molecule has 0 saturated heterocycles. The summed E-state index contributed by atoms with van der Waals surface area (Å²) in [5, 5.41) is 0. The van der Waals surface area contributed by atoms with E-state index in [2.05, 4.69) is 19.9 Å². The van der Waals surface area contributed by atoms with Gasteiger partial charge < -0.3 is 0 Å². The first-order valence-corrected chi connectivity index (χ1v) is 4.94. The fraction of sp³-hybridized carbons (Fsp3) is 0.818. The highest BCUT2D eigenvalue weighted by Gasteiger charge is 2.08. The first-order valence-electron chi connectivity index (χ1n) is 4.94. The third kappa shape index (κ3) is 3.60. The van der Waals surface area contributed by atoms with Crippen LogP contribution in [0.5, 0.6) is 0 Å². The van der Waals surface area contributed by atoms with Crippen LogP contribution in [0.25, 0.3) is 0 Å². The molecule has 0 heterocycles. The Balaban J connectivity index is 2.37. The summed E-state index contributed by atoms with van der Waals surface area (Å²) in [7, 11) is 0. The zero-order valence-corrected chi connectivity index (χ0v) is 7.90. The highest BCUT2D eigenvalue weighted by atomic mass is 14.1. The van der Waals surface area contributed by atoms with Crippen molar-refractivity contribution >= 4 is 0 Å². The maximum atomic E-state index is 2.46. The van der Waals surface area contributed by atoms with Gasteiger partial charge in [0, 0.05) is 0 Å². The zero-order chi connectivity index (χ0) is 8.10. The van der Waals surface area contributed by atoms with Crippen LogP contribution in [-0.2, 0) is 0 Å². The molecule has 0 atom stereocenters. The van der Waals surface area contributed by atoms with E-state index >= 15 is 0 Å². The minimum absolute atomic E-state index is 0.905. The second kappa shape index (κ2) is 4.58. The summed E-state index contributed by atoms with van der Waals surface area (Å²) in [6.45, 7) is 4.43. The van der Waals surface area contributed by atoms with E-state index in [0.29, 0.717) is 0 Å². The molecule has 0 N–H and O–H groups in total. The van der Waals surface area contributed by atoms with Gasteiger partial charge in [-0.2, -0.15) is 0 Å². The van der Waals surface area contributed by atoms with E-state index in [0.717, 1.165) is 5.92 Å². The third-order valence-electron chi connectivity index (χ3n) is 2.47. The standard InChI is InChI=1S/C11H20/c1-10(2)9-11-7-5-3-4-6-8-11/h9,11H,3-8H2,1-2H3. The van der Waals surface area contributed by atoms with Crippen LogP contribution in [0.15, 0.2) is 11.6 Å². The lowest BCUT2D eigenvalue weighted by atomic mass is 9.98. The summed E-state index contributed by atoms with van der Waals surface area (Å²) in [5.41, 5.74) is 1.50. The molecule has 0 unspecified atom stereocenters. The van der Waals surface area contributed by atoms with Crippen molar-refractivity contribution in [2.45, 2.75) is 52.4 Å². The molecule has 0 radical (unpaired) electrons. The summed E-state index contributed by atoms with van der Waals surface area (Å²) in [6, 6.07) is 0. The van der Waals surface area contributed by atoms with Crippen LogP contribution in [-0.4, -0.2) is 0 Å². The van der Waals surface area contributed by atoms with Gasteiger partial charge in [0.2, 0.25) is 0 Å². The number of hydrogen-bond acceptors (Lipinski definition) is 0. The van der Waals surface area contributed by atoms with Crippen LogP contribution in [0.2, 0.25) is 0 Å². The number of allylic oxidation sites excluding steroid dienone is 2. The molecule has 0 aliphatic heterocycles.